The monoisotopic (exact) mass is 224 g/mol. The van der Waals surface area contributed by atoms with Gasteiger partial charge in [-0.1, -0.05) is 0 Å². The molecular formula is C11H16N2O3. The average molecular weight is 224 g/mol. The Balaban J connectivity index is 2.71. The largest absolute Gasteiger partial charge is 0.480 e. The third kappa shape index (κ3) is 2.16. The first-order chi connectivity index (χ1) is 7.47. The molecule has 1 unspecified atom stereocenters. The van der Waals surface area contributed by atoms with Crippen LogP contribution in [0.2, 0.25) is 0 Å². The van der Waals surface area contributed by atoms with Gasteiger partial charge < -0.3 is 10.0 Å². The van der Waals surface area contributed by atoms with Gasteiger partial charge in [-0.05, 0) is 26.7 Å². The van der Waals surface area contributed by atoms with Gasteiger partial charge in [-0.15, -0.1) is 0 Å². The van der Waals surface area contributed by atoms with Gasteiger partial charge in [0.25, 0.3) is 0 Å². The maximum atomic E-state index is 12.0. The molecule has 0 aromatic heterocycles. The fourth-order valence-corrected chi connectivity index (χ4v) is 1.67. The van der Waals surface area contributed by atoms with E-state index in [1.54, 1.807) is 13.8 Å². The van der Waals surface area contributed by atoms with Gasteiger partial charge in [-0.3, -0.25) is 9.59 Å². The third-order valence-electron chi connectivity index (χ3n) is 2.95. The van der Waals surface area contributed by atoms with Gasteiger partial charge in [0.05, 0.1) is 12.0 Å². The quantitative estimate of drug-likeness (QED) is 0.702. The minimum atomic E-state index is -1.19. The number of hydrogen-bond donors (Lipinski definition) is 1. The molecule has 1 fully saturated rings. The third-order valence-corrected chi connectivity index (χ3v) is 2.95. The summed E-state index contributed by atoms with van der Waals surface area (Å²) in [5.74, 6) is -1.65. The Hall–Kier alpha value is -1.57. The van der Waals surface area contributed by atoms with E-state index in [2.05, 4.69) is 0 Å². The molecule has 1 aliphatic carbocycles. The summed E-state index contributed by atoms with van der Waals surface area (Å²) in [6.45, 7) is 4.26. The number of rotatable bonds is 5. The van der Waals surface area contributed by atoms with Crippen molar-refractivity contribution < 1.29 is 14.7 Å². The van der Waals surface area contributed by atoms with Gasteiger partial charge in [-0.25, -0.2) is 0 Å². The summed E-state index contributed by atoms with van der Waals surface area (Å²) in [4.78, 5) is 24.4. The van der Waals surface area contributed by atoms with E-state index in [0.717, 1.165) is 0 Å². The minimum absolute atomic E-state index is 0.270. The summed E-state index contributed by atoms with van der Waals surface area (Å²) < 4.78 is 0. The van der Waals surface area contributed by atoms with Crippen molar-refractivity contribution in [3.05, 3.63) is 0 Å². The molecule has 1 amide bonds. The van der Waals surface area contributed by atoms with Crippen molar-refractivity contribution in [2.24, 2.45) is 11.3 Å². The number of carboxylic acids is 1. The molecule has 1 rings (SSSR count). The van der Waals surface area contributed by atoms with Crippen LogP contribution in [0.4, 0.5) is 0 Å². The number of amides is 1. The van der Waals surface area contributed by atoms with Crippen LogP contribution in [0.25, 0.3) is 0 Å². The van der Waals surface area contributed by atoms with Crippen LogP contribution in [0.5, 0.6) is 0 Å². The Bertz CT molecular complexity index is 342. The van der Waals surface area contributed by atoms with Crippen molar-refractivity contribution in [1.82, 2.24) is 4.90 Å². The van der Waals surface area contributed by atoms with Crippen LogP contribution in [-0.2, 0) is 9.59 Å². The van der Waals surface area contributed by atoms with Gasteiger partial charge in [-0.2, -0.15) is 5.26 Å². The molecule has 88 valence electrons. The van der Waals surface area contributed by atoms with E-state index in [-0.39, 0.29) is 11.8 Å². The van der Waals surface area contributed by atoms with E-state index in [1.165, 1.54) is 4.90 Å². The molecule has 1 N–H and O–H groups in total. The van der Waals surface area contributed by atoms with E-state index in [0.29, 0.717) is 25.9 Å². The van der Waals surface area contributed by atoms with Crippen LogP contribution in [-0.4, -0.2) is 35.0 Å². The zero-order valence-electron chi connectivity index (χ0n) is 9.56. The smallest absolute Gasteiger partial charge is 0.319 e. The standard InChI is InChI=1S/C11H16N2O3/c1-3-13(7-8(2)6-12)9(14)11(4-5-11)10(15)16/h8H,3-5,7H2,1-2H3,(H,15,16). The van der Waals surface area contributed by atoms with E-state index < -0.39 is 11.4 Å². The van der Waals surface area contributed by atoms with Gasteiger partial charge in [0, 0.05) is 13.1 Å². The van der Waals surface area contributed by atoms with E-state index in [9.17, 15) is 9.59 Å². The van der Waals surface area contributed by atoms with Crippen LogP contribution in [0.1, 0.15) is 26.7 Å². The highest BCUT2D eigenvalue weighted by molar-refractivity contribution is 6.04. The number of aliphatic carboxylic acids is 1. The summed E-state index contributed by atoms with van der Waals surface area (Å²) in [6.07, 6.45) is 0.831. The summed E-state index contributed by atoms with van der Waals surface area (Å²) in [5, 5.41) is 17.7. The summed E-state index contributed by atoms with van der Waals surface area (Å²) in [7, 11) is 0. The molecule has 5 nitrogen and oxygen atoms in total. The lowest BCUT2D eigenvalue weighted by Gasteiger charge is -2.25. The number of carbonyl (C=O) groups excluding carboxylic acids is 1. The second-order valence-corrected chi connectivity index (χ2v) is 4.26. The fraction of sp³-hybridized carbons (Fsp3) is 0.727. The highest BCUT2D eigenvalue weighted by Crippen LogP contribution is 2.47. The number of nitriles is 1. The Morgan fingerprint density at radius 3 is 2.44 bits per heavy atom. The van der Waals surface area contributed by atoms with Crippen LogP contribution in [0.15, 0.2) is 0 Å². The van der Waals surface area contributed by atoms with Crippen molar-refractivity contribution in [3.8, 4) is 6.07 Å². The van der Waals surface area contributed by atoms with Gasteiger partial charge in [0.2, 0.25) is 5.91 Å². The summed E-state index contributed by atoms with van der Waals surface area (Å²) in [6, 6.07) is 2.04. The van der Waals surface area contributed by atoms with Crippen molar-refractivity contribution in [2.45, 2.75) is 26.7 Å². The molecule has 0 heterocycles. The predicted octanol–water partition coefficient (Wildman–Crippen LogP) is 0.859. The van der Waals surface area contributed by atoms with E-state index in [1.807, 2.05) is 6.07 Å². The normalized spacial score (nSPS) is 18.3. The predicted molar refractivity (Wildman–Crippen MR) is 56.3 cm³/mol. The Kier molecular flexibility index (Phi) is 3.53. The molecule has 1 atom stereocenters. The highest BCUT2D eigenvalue weighted by atomic mass is 16.4. The van der Waals surface area contributed by atoms with E-state index in [4.69, 9.17) is 10.4 Å². The Morgan fingerprint density at radius 2 is 2.12 bits per heavy atom. The molecule has 0 spiro atoms. The molecule has 0 bridgehead atoms. The van der Waals surface area contributed by atoms with Crippen LogP contribution >= 0.6 is 0 Å². The van der Waals surface area contributed by atoms with Crippen molar-refractivity contribution in [1.29, 1.82) is 5.26 Å². The zero-order chi connectivity index (χ0) is 12.3. The second-order valence-electron chi connectivity index (χ2n) is 4.26. The molecule has 16 heavy (non-hydrogen) atoms. The zero-order valence-corrected chi connectivity index (χ0v) is 9.56. The maximum Gasteiger partial charge on any atom is 0.319 e. The van der Waals surface area contributed by atoms with Crippen molar-refractivity contribution >= 4 is 11.9 Å². The number of nitrogens with zero attached hydrogens (tertiary/aromatic N) is 2. The molecule has 1 saturated carbocycles. The van der Waals surface area contributed by atoms with E-state index >= 15 is 0 Å². The lowest BCUT2D eigenvalue weighted by Crippen LogP contribution is -2.42. The Morgan fingerprint density at radius 1 is 1.56 bits per heavy atom. The van der Waals surface area contributed by atoms with Gasteiger partial charge in [0.1, 0.15) is 5.41 Å². The molecule has 0 radical (unpaired) electrons. The Labute approximate surface area is 94.7 Å². The molecular weight excluding hydrogens is 208 g/mol. The van der Waals surface area contributed by atoms with Crippen LogP contribution in [0.3, 0.4) is 0 Å². The van der Waals surface area contributed by atoms with Crippen LogP contribution in [0, 0.1) is 22.7 Å². The molecule has 0 aromatic rings. The first-order valence-electron chi connectivity index (χ1n) is 5.40. The van der Waals surface area contributed by atoms with Crippen molar-refractivity contribution in [3.63, 3.8) is 0 Å². The lowest BCUT2D eigenvalue weighted by molar-refractivity contribution is -0.153. The lowest BCUT2D eigenvalue weighted by atomic mass is 10.0. The van der Waals surface area contributed by atoms with Crippen molar-refractivity contribution in [2.75, 3.05) is 13.1 Å². The molecule has 0 aliphatic heterocycles. The number of hydrogen-bond acceptors (Lipinski definition) is 3. The molecule has 0 saturated heterocycles. The van der Waals surface area contributed by atoms with Gasteiger partial charge >= 0.3 is 5.97 Å². The molecule has 1 aliphatic rings. The average Bonchev–Trinajstić information content (AvgIpc) is 3.05. The topological polar surface area (TPSA) is 81.4 Å². The number of carbonyl (C=O) groups is 2. The maximum absolute atomic E-state index is 12.0. The number of carboxylic acid groups (broad SMARTS) is 1. The van der Waals surface area contributed by atoms with Gasteiger partial charge in [0.15, 0.2) is 0 Å². The minimum Gasteiger partial charge on any atom is -0.480 e. The molecule has 5 heteroatoms. The molecule has 0 aromatic carbocycles. The second kappa shape index (κ2) is 4.52. The summed E-state index contributed by atoms with van der Waals surface area (Å²) in [5.41, 5.74) is -1.19. The summed E-state index contributed by atoms with van der Waals surface area (Å²) >= 11 is 0. The first kappa shape index (κ1) is 12.5. The highest BCUT2D eigenvalue weighted by Gasteiger charge is 2.58. The fourth-order valence-electron chi connectivity index (χ4n) is 1.67. The first-order valence-corrected chi connectivity index (χ1v) is 5.40. The van der Waals surface area contributed by atoms with Crippen LogP contribution < -0.4 is 0 Å². The SMILES string of the molecule is CCN(CC(C)C#N)C(=O)C1(C(=O)O)CC1.